The SMILES string of the molecule is Cc1c(C2=NS(=O)(=O)N(C)C(C(=O)N3CCC4(CC3)OCCO4)=C2)cnn1C. The Balaban J connectivity index is 1.61. The maximum atomic E-state index is 13.1. The molecule has 2 fully saturated rings. The summed E-state index contributed by atoms with van der Waals surface area (Å²) < 4.78 is 42.9. The number of amides is 1. The molecule has 0 aromatic carbocycles. The molecule has 1 aromatic heterocycles. The molecular formula is C17H23N5O5S. The third-order valence-electron chi connectivity index (χ3n) is 5.53. The molecule has 152 valence electrons. The van der Waals surface area contributed by atoms with Gasteiger partial charge in [0.1, 0.15) is 5.70 Å². The van der Waals surface area contributed by atoms with Crippen molar-refractivity contribution in [3.8, 4) is 0 Å². The van der Waals surface area contributed by atoms with Crippen molar-refractivity contribution >= 4 is 21.8 Å². The molecular weight excluding hydrogens is 386 g/mol. The van der Waals surface area contributed by atoms with Gasteiger partial charge in [-0.05, 0) is 13.0 Å². The lowest BCUT2D eigenvalue weighted by atomic mass is 10.0. The Kier molecular flexibility index (Phi) is 4.55. The van der Waals surface area contributed by atoms with E-state index in [1.54, 1.807) is 22.8 Å². The first-order valence-corrected chi connectivity index (χ1v) is 10.5. The smallest absolute Gasteiger partial charge is 0.345 e. The van der Waals surface area contributed by atoms with E-state index in [2.05, 4.69) is 9.50 Å². The number of allylic oxidation sites excluding steroid dienone is 1. The van der Waals surface area contributed by atoms with Crippen molar-refractivity contribution in [2.45, 2.75) is 25.6 Å². The second kappa shape index (κ2) is 6.68. The fourth-order valence-corrected chi connectivity index (χ4v) is 4.53. The number of rotatable bonds is 2. The Morgan fingerprint density at radius 1 is 1.18 bits per heavy atom. The van der Waals surface area contributed by atoms with Crippen molar-refractivity contribution in [2.24, 2.45) is 11.4 Å². The van der Waals surface area contributed by atoms with Crippen LogP contribution >= 0.6 is 0 Å². The van der Waals surface area contributed by atoms with Gasteiger partial charge in [-0.25, -0.2) is 4.31 Å². The van der Waals surface area contributed by atoms with Crippen LogP contribution in [0.2, 0.25) is 0 Å². The van der Waals surface area contributed by atoms with Crippen LogP contribution in [0.5, 0.6) is 0 Å². The minimum atomic E-state index is -4.00. The molecule has 0 atom stereocenters. The van der Waals surface area contributed by atoms with E-state index in [0.29, 0.717) is 44.7 Å². The molecule has 0 N–H and O–H groups in total. The van der Waals surface area contributed by atoms with E-state index in [1.165, 1.54) is 13.1 Å². The number of likely N-dealkylation sites (tertiary alicyclic amines) is 1. The van der Waals surface area contributed by atoms with Gasteiger partial charge in [0, 0.05) is 51.3 Å². The van der Waals surface area contributed by atoms with Crippen LogP contribution < -0.4 is 0 Å². The molecule has 3 aliphatic heterocycles. The van der Waals surface area contributed by atoms with Crippen molar-refractivity contribution in [2.75, 3.05) is 33.4 Å². The predicted molar refractivity (Wildman–Crippen MR) is 99.7 cm³/mol. The summed E-state index contributed by atoms with van der Waals surface area (Å²) in [6, 6.07) is 0. The normalized spacial score (nSPS) is 23.7. The predicted octanol–water partition coefficient (Wildman–Crippen LogP) is -0.0428. The van der Waals surface area contributed by atoms with Crippen molar-refractivity contribution in [1.29, 1.82) is 0 Å². The first-order chi connectivity index (χ1) is 13.2. The molecule has 0 unspecified atom stereocenters. The van der Waals surface area contributed by atoms with Crippen molar-refractivity contribution < 1.29 is 22.7 Å². The number of hydrogen-bond donors (Lipinski definition) is 0. The molecule has 3 aliphatic rings. The summed E-state index contributed by atoms with van der Waals surface area (Å²) in [5.41, 5.74) is 1.62. The minimum Gasteiger partial charge on any atom is -0.347 e. The standard InChI is InChI=1S/C17H23N5O5S/c1-12-13(11-18-20(12)2)14-10-15(21(3)28(24,25)19-14)16(23)22-6-4-17(5-7-22)26-8-9-27-17/h10-11H,4-9H2,1-3H3. The van der Waals surface area contributed by atoms with Crippen LogP contribution in [0.3, 0.4) is 0 Å². The summed E-state index contributed by atoms with van der Waals surface area (Å²) in [6.07, 6.45) is 4.18. The topological polar surface area (TPSA) is 106 Å². The average molecular weight is 409 g/mol. The van der Waals surface area contributed by atoms with E-state index >= 15 is 0 Å². The quantitative estimate of drug-likeness (QED) is 0.678. The van der Waals surface area contributed by atoms with Gasteiger partial charge in [0.05, 0.1) is 25.1 Å². The summed E-state index contributed by atoms with van der Waals surface area (Å²) in [5, 5.41) is 4.13. The molecule has 1 spiro atoms. The second-order valence-electron chi connectivity index (χ2n) is 7.12. The largest absolute Gasteiger partial charge is 0.347 e. The molecule has 2 saturated heterocycles. The Hall–Kier alpha value is -2.24. The Morgan fingerprint density at radius 3 is 2.39 bits per heavy atom. The number of nitrogens with zero attached hydrogens (tertiary/aromatic N) is 5. The molecule has 11 heteroatoms. The molecule has 0 radical (unpaired) electrons. The van der Waals surface area contributed by atoms with Gasteiger partial charge in [-0.15, -0.1) is 4.40 Å². The highest BCUT2D eigenvalue weighted by molar-refractivity contribution is 7.88. The monoisotopic (exact) mass is 409 g/mol. The third-order valence-corrected chi connectivity index (χ3v) is 6.85. The molecule has 4 heterocycles. The van der Waals surface area contributed by atoms with Crippen LogP contribution in [0.1, 0.15) is 24.1 Å². The van der Waals surface area contributed by atoms with Crippen LogP contribution in [0.4, 0.5) is 0 Å². The number of likely N-dealkylation sites (N-methyl/N-ethyl adjacent to an activating group) is 1. The number of aromatic nitrogens is 2. The van der Waals surface area contributed by atoms with Gasteiger partial charge in [-0.1, -0.05) is 0 Å². The zero-order valence-electron chi connectivity index (χ0n) is 16.1. The van der Waals surface area contributed by atoms with E-state index in [0.717, 1.165) is 10.00 Å². The molecule has 0 saturated carbocycles. The lowest BCUT2D eigenvalue weighted by Crippen LogP contribution is -2.49. The lowest BCUT2D eigenvalue weighted by Gasteiger charge is -2.38. The fraction of sp³-hybridized carbons (Fsp3) is 0.588. The summed E-state index contributed by atoms with van der Waals surface area (Å²) in [7, 11) is -0.906. The first kappa shape index (κ1) is 19.1. The zero-order valence-corrected chi connectivity index (χ0v) is 16.9. The van der Waals surface area contributed by atoms with Gasteiger partial charge in [-0.3, -0.25) is 9.48 Å². The van der Waals surface area contributed by atoms with Gasteiger partial charge in [-0.2, -0.15) is 13.5 Å². The van der Waals surface area contributed by atoms with E-state index in [4.69, 9.17) is 9.47 Å². The first-order valence-electron chi connectivity index (χ1n) is 9.09. The Labute approximate surface area is 163 Å². The summed E-state index contributed by atoms with van der Waals surface area (Å²) in [4.78, 5) is 14.7. The summed E-state index contributed by atoms with van der Waals surface area (Å²) in [5.74, 6) is -0.956. The van der Waals surface area contributed by atoms with Gasteiger partial charge in [0.25, 0.3) is 5.91 Å². The number of carbonyl (C=O) groups excluding carboxylic acids is 1. The van der Waals surface area contributed by atoms with Crippen molar-refractivity contribution in [3.63, 3.8) is 0 Å². The summed E-state index contributed by atoms with van der Waals surface area (Å²) in [6.45, 7) is 3.80. The van der Waals surface area contributed by atoms with Gasteiger partial charge >= 0.3 is 10.2 Å². The van der Waals surface area contributed by atoms with Crippen molar-refractivity contribution in [1.82, 2.24) is 19.0 Å². The van der Waals surface area contributed by atoms with Crippen LogP contribution in [0.25, 0.3) is 0 Å². The highest BCUT2D eigenvalue weighted by Crippen LogP contribution is 2.32. The molecule has 28 heavy (non-hydrogen) atoms. The van der Waals surface area contributed by atoms with Crippen LogP contribution in [0, 0.1) is 6.92 Å². The molecule has 4 rings (SSSR count). The minimum absolute atomic E-state index is 0.0671. The van der Waals surface area contributed by atoms with E-state index in [-0.39, 0.29) is 17.3 Å². The fourth-order valence-electron chi connectivity index (χ4n) is 3.63. The average Bonchev–Trinajstić information content (AvgIpc) is 3.25. The number of hydrogen-bond acceptors (Lipinski definition) is 6. The highest BCUT2D eigenvalue weighted by Gasteiger charge is 2.42. The number of aryl methyl sites for hydroxylation is 1. The zero-order chi connectivity index (χ0) is 20.1. The third kappa shape index (κ3) is 3.12. The molecule has 0 aliphatic carbocycles. The number of carbonyl (C=O) groups is 1. The maximum absolute atomic E-state index is 13.1. The van der Waals surface area contributed by atoms with E-state index < -0.39 is 16.0 Å². The van der Waals surface area contributed by atoms with Gasteiger partial charge in [0.2, 0.25) is 0 Å². The lowest BCUT2D eigenvalue weighted by molar-refractivity contribution is -0.186. The molecule has 1 aromatic rings. The Morgan fingerprint density at radius 2 is 1.82 bits per heavy atom. The Bertz CT molecular complexity index is 964. The van der Waals surface area contributed by atoms with Gasteiger partial charge < -0.3 is 14.4 Å². The van der Waals surface area contributed by atoms with E-state index in [9.17, 15) is 13.2 Å². The van der Waals surface area contributed by atoms with E-state index in [1.807, 2.05) is 6.92 Å². The number of ether oxygens (including phenoxy) is 2. The highest BCUT2D eigenvalue weighted by atomic mass is 32.2. The number of piperidine rings is 1. The van der Waals surface area contributed by atoms with Gasteiger partial charge in [0.15, 0.2) is 5.79 Å². The van der Waals surface area contributed by atoms with Crippen LogP contribution in [0.15, 0.2) is 22.4 Å². The molecule has 1 amide bonds. The second-order valence-corrected chi connectivity index (χ2v) is 8.74. The maximum Gasteiger partial charge on any atom is 0.345 e. The van der Waals surface area contributed by atoms with Crippen LogP contribution in [-0.4, -0.2) is 78.2 Å². The molecule has 0 bridgehead atoms. The molecule has 10 nitrogen and oxygen atoms in total. The van der Waals surface area contributed by atoms with Crippen molar-refractivity contribution in [3.05, 3.63) is 29.2 Å². The summed E-state index contributed by atoms with van der Waals surface area (Å²) >= 11 is 0. The van der Waals surface area contributed by atoms with Crippen LogP contribution in [-0.2, 0) is 31.5 Å².